The molecule has 0 aromatic heterocycles. The summed E-state index contributed by atoms with van der Waals surface area (Å²) in [4.78, 5) is 0. The second-order valence-corrected chi connectivity index (χ2v) is 2.40. The van der Waals surface area contributed by atoms with Gasteiger partial charge in [0.25, 0.3) is 0 Å². The third-order valence-corrected chi connectivity index (χ3v) is 1.72. The van der Waals surface area contributed by atoms with E-state index in [2.05, 4.69) is 5.92 Å². The minimum absolute atomic E-state index is 0.484. The zero-order valence-electron chi connectivity index (χ0n) is 5.42. The van der Waals surface area contributed by atoms with Crippen LogP contribution in [-0.4, -0.2) is 23.4 Å². The predicted molar refractivity (Wildman–Crippen MR) is 33.8 cm³/mol. The molecule has 0 saturated carbocycles. The van der Waals surface area contributed by atoms with Gasteiger partial charge in [0.2, 0.25) is 0 Å². The first-order valence-corrected chi connectivity index (χ1v) is 2.99. The van der Waals surface area contributed by atoms with Gasteiger partial charge < -0.3 is 9.84 Å². The van der Waals surface area contributed by atoms with Gasteiger partial charge in [0, 0.05) is 6.42 Å². The van der Waals surface area contributed by atoms with Crippen LogP contribution in [0.5, 0.6) is 0 Å². The lowest BCUT2D eigenvalue weighted by Crippen LogP contribution is -2.33. The molecule has 0 aliphatic carbocycles. The van der Waals surface area contributed by atoms with Gasteiger partial charge in [-0.25, -0.2) is 0 Å². The van der Waals surface area contributed by atoms with Crippen molar-refractivity contribution in [2.24, 2.45) is 0 Å². The van der Waals surface area contributed by atoms with Gasteiger partial charge in [0.15, 0.2) is 5.60 Å². The fraction of sp³-hybridized carbons (Fsp3) is 0.714. The van der Waals surface area contributed by atoms with E-state index in [-0.39, 0.29) is 0 Å². The van der Waals surface area contributed by atoms with Crippen LogP contribution < -0.4 is 0 Å². The van der Waals surface area contributed by atoms with E-state index in [1.54, 1.807) is 6.92 Å². The highest BCUT2D eigenvalue weighted by Crippen LogP contribution is 2.24. The highest BCUT2D eigenvalue weighted by Gasteiger charge is 2.36. The molecule has 9 heavy (non-hydrogen) atoms. The van der Waals surface area contributed by atoms with E-state index in [1.807, 2.05) is 0 Å². The summed E-state index contributed by atoms with van der Waals surface area (Å²) in [5.41, 5.74) is -0.722. The zero-order chi connectivity index (χ0) is 6.91. The van der Waals surface area contributed by atoms with Crippen molar-refractivity contribution in [3.8, 4) is 12.3 Å². The van der Waals surface area contributed by atoms with Crippen molar-refractivity contribution in [2.45, 2.75) is 25.0 Å². The Balaban J connectivity index is 2.70. The Bertz CT molecular complexity index is 147. The van der Waals surface area contributed by atoms with Crippen molar-refractivity contribution in [3.05, 3.63) is 0 Å². The first-order chi connectivity index (χ1) is 4.19. The van der Waals surface area contributed by atoms with Crippen molar-refractivity contribution < 1.29 is 9.84 Å². The summed E-state index contributed by atoms with van der Waals surface area (Å²) in [5.74, 6) is 2.42. The van der Waals surface area contributed by atoms with E-state index >= 15 is 0 Å². The van der Waals surface area contributed by atoms with Gasteiger partial charge in [-0.05, 0) is 6.92 Å². The molecule has 1 fully saturated rings. The molecule has 0 amide bonds. The summed E-state index contributed by atoms with van der Waals surface area (Å²) < 4.78 is 5.12. The van der Waals surface area contributed by atoms with E-state index < -0.39 is 11.7 Å². The fourth-order valence-electron chi connectivity index (χ4n) is 0.892. The van der Waals surface area contributed by atoms with Crippen LogP contribution in [0, 0.1) is 12.3 Å². The van der Waals surface area contributed by atoms with E-state index in [4.69, 9.17) is 11.2 Å². The Morgan fingerprint density at radius 3 is 2.78 bits per heavy atom. The first kappa shape index (κ1) is 6.60. The summed E-state index contributed by atoms with van der Waals surface area (Å²) in [6.45, 7) is 2.30. The molecule has 2 heteroatoms. The number of hydrogen-bond acceptors (Lipinski definition) is 2. The molecule has 1 aliphatic rings. The molecule has 2 unspecified atom stereocenters. The molecule has 50 valence electrons. The van der Waals surface area contributed by atoms with E-state index in [1.165, 1.54) is 0 Å². The SMILES string of the molecule is C#CC1(C)OCCC1O. The lowest BCUT2D eigenvalue weighted by atomic mass is 10.0. The summed E-state index contributed by atoms with van der Waals surface area (Å²) in [6, 6.07) is 0. The molecule has 1 rings (SSSR count). The predicted octanol–water partition coefficient (Wildman–Crippen LogP) is 0.160. The number of ether oxygens (including phenoxy) is 1. The molecule has 1 saturated heterocycles. The fourth-order valence-corrected chi connectivity index (χ4v) is 0.892. The van der Waals surface area contributed by atoms with Gasteiger partial charge in [0.1, 0.15) is 0 Å². The van der Waals surface area contributed by atoms with Crippen LogP contribution in [0.25, 0.3) is 0 Å². The molecular weight excluding hydrogens is 116 g/mol. The summed E-state index contributed by atoms with van der Waals surface area (Å²) in [6.07, 6.45) is 5.29. The Morgan fingerprint density at radius 1 is 1.89 bits per heavy atom. The second kappa shape index (κ2) is 2.02. The molecule has 2 nitrogen and oxygen atoms in total. The molecule has 1 heterocycles. The number of rotatable bonds is 0. The minimum atomic E-state index is -0.722. The third-order valence-electron chi connectivity index (χ3n) is 1.72. The van der Waals surface area contributed by atoms with Gasteiger partial charge >= 0.3 is 0 Å². The molecule has 1 aliphatic heterocycles. The largest absolute Gasteiger partial charge is 0.389 e. The Labute approximate surface area is 54.8 Å². The Hall–Kier alpha value is -0.520. The van der Waals surface area contributed by atoms with Crippen LogP contribution in [0.15, 0.2) is 0 Å². The Kier molecular flexibility index (Phi) is 1.48. The van der Waals surface area contributed by atoms with Crippen molar-refractivity contribution in [1.29, 1.82) is 0 Å². The van der Waals surface area contributed by atoms with E-state index in [0.717, 1.165) is 0 Å². The normalized spacial score (nSPS) is 42.6. The monoisotopic (exact) mass is 126 g/mol. The molecule has 0 spiro atoms. The lowest BCUT2D eigenvalue weighted by Gasteiger charge is -2.19. The maximum absolute atomic E-state index is 9.18. The first-order valence-electron chi connectivity index (χ1n) is 2.99. The molecule has 0 aromatic carbocycles. The van der Waals surface area contributed by atoms with Crippen LogP contribution >= 0.6 is 0 Å². The molecule has 0 bridgehead atoms. The average Bonchev–Trinajstić information content (AvgIpc) is 2.15. The van der Waals surface area contributed by atoms with Crippen molar-refractivity contribution in [1.82, 2.24) is 0 Å². The molecular formula is C7H10O2. The second-order valence-electron chi connectivity index (χ2n) is 2.40. The standard InChI is InChI=1S/C7H10O2/c1-3-7(2)6(8)4-5-9-7/h1,6,8H,4-5H2,2H3. The lowest BCUT2D eigenvalue weighted by molar-refractivity contribution is 0.00190. The highest BCUT2D eigenvalue weighted by atomic mass is 16.5. The minimum Gasteiger partial charge on any atom is -0.389 e. The quantitative estimate of drug-likeness (QED) is 0.468. The average molecular weight is 126 g/mol. The maximum Gasteiger partial charge on any atom is 0.151 e. The summed E-state index contributed by atoms with van der Waals surface area (Å²) >= 11 is 0. The number of terminal acetylenes is 1. The third kappa shape index (κ3) is 0.937. The number of hydrogen-bond donors (Lipinski definition) is 1. The van der Waals surface area contributed by atoms with Gasteiger partial charge in [0.05, 0.1) is 12.7 Å². The Morgan fingerprint density at radius 2 is 2.56 bits per heavy atom. The van der Waals surface area contributed by atoms with Crippen molar-refractivity contribution >= 4 is 0 Å². The van der Waals surface area contributed by atoms with Crippen LogP contribution in [-0.2, 0) is 4.74 Å². The molecule has 0 radical (unpaired) electrons. The number of aliphatic hydroxyl groups is 1. The van der Waals surface area contributed by atoms with Gasteiger partial charge in [-0.2, -0.15) is 0 Å². The zero-order valence-corrected chi connectivity index (χ0v) is 5.42. The maximum atomic E-state index is 9.18. The summed E-state index contributed by atoms with van der Waals surface area (Å²) in [7, 11) is 0. The topological polar surface area (TPSA) is 29.5 Å². The molecule has 0 aromatic rings. The van der Waals surface area contributed by atoms with Crippen molar-refractivity contribution in [2.75, 3.05) is 6.61 Å². The summed E-state index contributed by atoms with van der Waals surface area (Å²) in [5, 5.41) is 9.18. The molecule has 1 N–H and O–H groups in total. The van der Waals surface area contributed by atoms with Gasteiger partial charge in [-0.15, -0.1) is 6.42 Å². The van der Waals surface area contributed by atoms with E-state index in [0.29, 0.717) is 13.0 Å². The van der Waals surface area contributed by atoms with Crippen LogP contribution in [0.2, 0.25) is 0 Å². The van der Waals surface area contributed by atoms with Crippen LogP contribution in [0.3, 0.4) is 0 Å². The van der Waals surface area contributed by atoms with Crippen LogP contribution in [0.4, 0.5) is 0 Å². The van der Waals surface area contributed by atoms with Gasteiger partial charge in [-0.1, -0.05) is 5.92 Å². The van der Waals surface area contributed by atoms with Crippen molar-refractivity contribution in [3.63, 3.8) is 0 Å². The van der Waals surface area contributed by atoms with Gasteiger partial charge in [-0.3, -0.25) is 0 Å². The number of aliphatic hydroxyl groups excluding tert-OH is 1. The van der Waals surface area contributed by atoms with Crippen LogP contribution in [0.1, 0.15) is 13.3 Å². The van der Waals surface area contributed by atoms with E-state index in [9.17, 15) is 5.11 Å². The smallest absolute Gasteiger partial charge is 0.151 e. The molecule has 2 atom stereocenters. The highest BCUT2D eigenvalue weighted by molar-refractivity contribution is 5.12.